The third-order valence-electron chi connectivity index (χ3n) is 3.46. The average Bonchev–Trinajstić information content (AvgIpc) is 2.39. The van der Waals surface area contributed by atoms with Gasteiger partial charge in [-0.15, -0.1) is 0 Å². The van der Waals surface area contributed by atoms with Gasteiger partial charge >= 0.3 is 0 Å². The zero-order chi connectivity index (χ0) is 13.0. The van der Waals surface area contributed by atoms with Crippen molar-refractivity contribution in [1.29, 1.82) is 0 Å². The first-order valence-corrected chi connectivity index (χ1v) is 6.77. The second-order valence-corrected chi connectivity index (χ2v) is 5.18. The number of hydrogen-bond donors (Lipinski definition) is 1. The molecule has 0 saturated carbocycles. The van der Waals surface area contributed by atoms with Crippen LogP contribution in [0.5, 0.6) is 0 Å². The van der Waals surface area contributed by atoms with Crippen molar-refractivity contribution >= 4 is 10.9 Å². The largest absolute Gasteiger partial charge is 0.310 e. The quantitative estimate of drug-likeness (QED) is 0.863. The van der Waals surface area contributed by atoms with Crippen LogP contribution in [0, 0.1) is 5.92 Å². The second-order valence-electron chi connectivity index (χ2n) is 5.18. The van der Waals surface area contributed by atoms with Gasteiger partial charge in [0.05, 0.1) is 5.52 Å². The minimum Gasteiger partial charge on any atom is -0.310 e. The van der Waals surface area contributed by atoms with Crippen molar-refractivity contribution in [3.8, 4) is 0 Å². The molecule has 2 heteroatoms. The van der Waals surface area contributed by atoms with Crippen molar-refractivity contribution in [2.75, 3.05) is 0 Å². The van der Waals surface area contributed by atoms with E-state index >= 15 is 0 Å². The lowest BCUT2D eigenvalue weighted by atomic mass is 10.0. The molecule has 1 unspecified atom stereocenters. The summed E-state index contributed by atoms with van der Waals surface area (Å²) in [5, 5.41) is 4.83. The fourth-order valence-corrected chi connectivity index (χ4v) is 2.31. The standard InChI is InChI=1S/C16H22N2/c1-4-15(12(2)3)17-10-13-9-14-7-5-6-8-16(14)18-11-13/h5-9,11-12,15,17H,4,10H2,1-3H3. The van der Waals surface area contributed by atoms with E-state index in [1.54, 1.807) is 0 Å². The summed E-state index contributed by atoms with van der Waals surface area (Å²) in [6.07, 6.45) is 3.14. The van der Waals surface area contributed by atoms with Gasteiger partial charge in [-0.05, 0) is 30.0 Å². The van der Waals surface area contributed by atoms with Gasteiger partial charge in [0.15, 0.2) is 0 Å². The lowest BCUT2D eigenvalue weighted by Crippen LogP contribution is -2.32. The zero-order valence-corrected chi connectivity index (χ0v) is 11.5. The van der Waals surface area contributed by atoms with Gasteiger partial charge in [-0.2, -0.15) is 0 Å². The van der Waals surface area contributed by atoms with E-state index in [2.05, 4.69) is 55.3 Å². The fourth-order valence-electron chi connectivity index (χ4n) is 2.31. The van der Waals surface area contributed by atoms with Crippen molar-refractivity contribution < 1.29 is 0 Å². The van der Waals surface area contributed by atoms with Crippen LogP contribution in [0.1, 0.15) is 32.8 Å². The van der Waals surface area contributed by atoms with Crippen LogP contribution in [0.2, 0.25) is 0 Å². The molecule has 0 saturated heterocycles. The van der Waals surface area contributed by atoms with E-state index < -0.39 is 0 Å². The molecular formula is C16H22N2. The number of aromatic nitrogens is 1. The fraction of sp³-hybridized carbons (Fsp3) is 0.438. The van der Waals surface area contributed by atoms with E-state index in [9.17, 15) is 0 Å². The molecule has 2 nitrogen and oxygen atoms in total. The van der Waals surface area contributed by atoms with Crippen LogP contribution in [-0.2, 0) is 6.54 Å². The highest BCUT2D eigenvalue weighted by Crippen LogP contribution is 2.13. The van der Waals surface area contributed by atoms with Crippen molar-refractivity contribution in [2.45, 2.75) is 39.8 Å². The Kier molecular flexibility index (Phi) is 4.32. The SMILES string of the molecule is CCC(NCc1cnc2ccccc2c1)C(C)C. The van der Waals surface area contributed by atoms with Gasteiger partial charge in [0.1, 0.15) is 0 Å². The molecule has 1 heterocycles. The molecule has 0 bridgehead atoms. The molecule has 0 fully saturated rings. The highest BCUT2D eigenvalue weighted by molar-refractivity contribution is 5.78. The van der Waals surface area contributed by atoms with Crippen molar-refractivity contribution in [2.24, 2.45) is 5.92 Å². The number of pyridine rings is 1. The zero-order valence-electron chi connectivity index (χ0n) is 11.5. The molecule has 0 aliphatic carbocycles. The Morgan fingerprint density at radius 2 is 2.00 bits per heavy atom. The predicted octanol–water partition coefficient (Wildman–Crippen LogP) is 3.76. The molecule has 0 radical (unpaired) electrons. The Morgan fingerprint density at radius 1 is 1.22 bits per heavy atom. The molecular weight excluding hydrogens is 220 g/mol. The van der Waals surface area contributed by atoms with Crippen LogP contribution < -0.4 is 5.32 Å². The number of nitrogens with zero attached hydrogens (tertiary/aromatic N) is 1. The van der Waals surface area contributed by atoms with E-state index in [4.69, 9.17) is 0 Å². The Balaban J connectivity index is 2.07. The Hall–Kier alpha value is -1.41. The van der Waals surface area contributed by atoms with Gasteiger partial charge in [-0.3, -0.25) is 4.98 Å². The maximum absolute atomic E-state index is 4.49. The number of para-hydroxylation sites is 1. The van der Waals surface area contributed by atoms with Gasteiger partial charge in [0.2, 0.25) is 0 Å². The maximum Gasteiger partial charge on any atom is 0.0702 e. The molecule has 2 aromatic rings. The first-order chi connectivity index (χ1) is 8.70. The highest BCUT2D eigenvalue weighted by atomic mass is 14.9. The van der Waals surface area contributed by atoms with E-state index in [-0.39, 0.29) is 0 Å². The normalized spacial score (nSPS) is 13.1. The predicted molar refractivity (Wildman–Crippen MR) is 77.5 cm³/mol. The molecule has 1 aromatic heterocycles. The summed E-state index contributed by atoms with van der Waals surface area (Å²) < 4.78 is 0. The van der Waals surface area contributed by atoms with E-state index in [0.29, 0.717) is 12.0 Å². The molecule has 0 spiro atoms. The van der Waals surface area contributed by atoms with Gasteiger partial charge in [0.25, 0.3) is 0 Å². The summed E-state index contributed by atoms with van der Waals surface area (Å²) in [5.41, 5.74) is 2.32. The van der Waals surface area contributed by atoms with Crippen LogP contribution in [0.15, 0.2) is 36.5 Å². The van der Waals surface area contributed by atoms with Gasteiger partial charge in [-0.25, -0.2) is 0 Å². The van der Waals surface area contributed by atoms with Crippen LogP contribution in [0.25, 0.3) is 10.9 Å². The number of nitrogens with one attached hydrogen (secondary N) is 1. The smallest absolute Gasteiger partial charge is 0.0702 e. The molecule has 96 valence electrons. The summed E-state index contributed by atoms with van der Waals surface area (Å²) in [4.78, 5) is 4.49. The lowest BCUT2D eigenvalue weighted by molar-refractivity contribution is 0.387. The molecule has 2 rings (SSSR count). The minimum atomic E-state index is 0.580. The molecule has 18 heavy (non-hydrogen) atoms. The molecule has 0 amide bonds. The number of fused-ring (bicyclic) bond motifs is 1. The number of hydrogen-bond acceptors (Lipinski definition) is 2. The molecule has 1 atom stereocenters. The summed E-state index contributed by atoms with van der Waals surface area (Å²) in [7, 11) is 0. The monoisotopic (exact) mass is 242 g/mol. The molecule has 1 N–H and O–H groups in total. The Bertz CT molecular complexity index is 505. The molecule has 1 aromatic carbocycles. The van der Waals surface area contributed by atoms with E-state index in [1.165, 1.54) is 17.4 Å². The number of benzene rings is 1. The van der Waals surface area contributed by atoms with E-state index in [1.807, 2.05) is 12.3 Å². The summed E-state index contributed by atoms with van der Waals surface area (Å²) in [5.74, 6) is 0.670. The van der Waals surface area contributed by atoms with Crippen LogP contribution in [0.4, 0.5) is 0 Å². The minimum absolute atomic E-state index is 0.580. The van der Waals surface area contributed by atoms with Gasteiger partial charge in [-0.1, -0.05) is 39.0 Å². The van der Waals surface area contributed by atoms with Crippen molar-refractivity contribution in [1.82, 2.24) is 10.3 Å². The third-order valence-corrected chi connectivity index (χ3v) is 3.46. The van der Waals surface area contributed by atoms with E-state index in [0.717, 1.165) is 12.1 Å². The second kappa shape index (κ2) is 5.96. The Labute approximate surface area is 109 Å². The molecule has 0 aliphatic heterocycles. The number of rotatable bonds is 5. The Morgan fingerprint density at radius 3 is 2.72 bits per heavy atom. The van der Waals surface area contributed by atoms with Crippen molar-refractivity contribution in [3.05, 3.63) is 42.1 Å². The van der Waals surface area contributed by atoms with Crippen molar-refractivity contribution in [3.63, 3.8) is 0 Å². The molecule has 0 aliphatic rings. The maximum atomic E-state index is 4.49. The first kappa shape index (κ1) is 13.0. The lowest BCUT2D eigenvalue weighted by Gasteiger charge is -2.20. The van der Waals surface area contributed by atoms with Gasteiger partial charge < -0.3 is 5.32 Å². The summed E-state index contributed by atoms with van der Waals surface area (Å²) in [6, 6.07) is 11.1. The highest BCUT2D eigenvalue weighted by Gasteiger charge is 2.09. The van der Waals surface area contributed by atoms with Crippen LogP contribution in [-0.4, -0.2) is 11.0 Å². The average molecular weight is 242 g/mol. The summed E-state index contributed by atoms with van der Waals surface area (Å²) in [6.45, 7) is 7.66. The topological polar surface area (TPSA) is 24.9 Å². The van der Waals surface area contributed by atoms with Gasteiger partial charge in [0, 0.05) is 24.2 Å². The van der Waals surface area contributed by atoms with Crippen LogP contribution >= 0.6 is 0 Å². The third kappa shape index (κ3) is 3.08. The first-order valence-electron chi connectivity index (χ1n) is 6.77. The van der Waals surface area contributed by atoms with Crippen LogP contribution in [0.3, 0.4) is 0 Å². The summed E-state index contributed by atoms with van der Waals surface area (Å²) >= 11 is 0.